The van der Waals surface area contributed by atoms with Crippen molar-refractivity contribution in [3.05, 3.63) is 12.7 Å². The molecular weight excluding hydrogens is 750 g/mol. The van der Waals surface area contributed by atoms with Crippen LogP contribution in [0.1, 0.15) is 13.8 Å². The number of esters is 6. The molecule has 0 aromatic rings. The zero-order chi connectivity index (χ0) is 36.4. The molecule has 0 fully saturated rings. The first-order valence-corrected chi connectivity index (χ1v) is 17.6. The SMILES string of the molecule is C.C=CC(=O)OCCO.O=C(CS)OCCOC(=O)CS.O=C(CS)OCCOC(=O)CSCCC(=O)OCCO.S=S=S.[2H]B=N. The Morgan fingerprint density at radius 2 is 1.07 bits per heavy atom. The van der Waals surface area contributed by atoms with Crippen LogP contribution in [0.5, 0.6) is 0 Å². The third-order valence-corrected chi connectivity index (χ3v) is 4.84. The van der Waals surface area contributed by atoms with Crippen molar-refractivity contribution in [1.29, 1.82) is 6.65 Å². The summed E-state index contributed by atoms with van der Waals surface area (Å²) in [5.74, 6) is -2.13. The summed E-state index contributed by atoms with van der Waals surface area (Å²) in [7, 11) is 1.42. The third-order valence-electron chi connectivity index (χ3n) is 3.13. The van der Waals surface area contributed by atoms with Gasteiger partial charge in [0.15, 0.2) is 0 Å². The third kappa shape index (κ3) is 58.0. The number of aliphatic hydroxyl groups is 2. The predicted molar refractivity (Wildman–Crippen MR) is 192 cm³/mol. The molecule has 0 radical (unpaired) electrons. The van der Waals surface area contributed by atoms with Crippen LogP contribution >= 0.6 is 49.6 Å². The number of hydrogen-bond acceptors (Lipinski definition) is 21. The number of carbonyl (C=O) groups is 6. The second-order valence-electron chi connectivity index (χ2n) is 6.27. The average molecular weight is 793 g/mol. The van der Waals surface area contributed by atoms with E-state index in [0.717, 1.165) is 15.0 Å². The van der Waals surface area contributed by atoms with Crippen molar-refractivity contribution >= 4 is 124 Å². The van der Waals surface area contributed by atoms with Crippen LogP contribution in [0.15, 0.2) is 12.7 Å². The second kappa shape index (κ2) is 50.3. The molecule has 23 heteroatoms. The van der Waals surface area contributed by atoms with Crippen LogP contribution in [0, 0.1) is 5.31 Å². The van der Waals surface area contributed by atoms with Gasteiger partial charge in [0.25, 0.3) is 0 Å². The molecule has 0 saturated heterocycles. The van der Waals surface area contributed by atoms with E-state index in [1.165, 1.54) is 11.8 Å². The molecule has 0 spiro atoms. The summed E-state index contributed by atoms with van der Waals surface area (Å²) in [5.41, 5.74) is 0. The molecule has 0 aliphatic heterocycles. The van der Waals surface area contributed by atoms with Gasteiger partial charge in [0.2, 0.25) is 0 Å². The summed E-state index contributed by atoms with van der Waals surface area (Å²) >= 11 is 20.6. The van der Waals surface area contributed by atoms with Gasteiger partial charge in [-0.1, -0.05) is 14.0 Å². The monoisotopic (exact) mass is 792 g/mol. The zero-order valence-corrected chi connectivity index (χ0v) is 30.0. The van der Waals surface area contributed by atoms with E-state index in [1.54, 1.807) is 0 Å². The number of thiol groups is 3. The first-order chi connectivity index (χ1) is 21.9. The molecule has 0 bridgehead atoms. The van der Waals surface area contributed by atoms with E-state index in [4.69, 9.17) is 21.6 Å². The molecule has 15 nitrogen and oxygen atoms in total. The van der Waals surface area contributed by atoms with Crippen LogP contribution in [0.25, 0.3) is 0 Å². The Bertz CT molecular complexity index is 871. The molecule has 0 unspecified atom stereocenters. The van der Waals surface area contributed by atoms with E-state index in [1.807, 2.05) is 0 Å². The van der Waals surface area contributed by atoms with E-state index in [0.29, 0.717) is 13.4 Å². The van der Waals surface area contributed by atoms with Crippen LogP contribution in [-0.2, 0) is 88.4 Å². The summed E-state index contributed by atoms with van der Waals surface area (Å²) in [6.07, 6.45) is 1.22. The number of rotatable bonds is 19. The number of hydrogen-bond donors (Lipinski definition) is 6. The van der Waals surface area contributed by atoms with E-state index < -0.39 is 35.8 Å². The van der Waals surface area contributed by atoms with Crippen molar-refractivity contribution < 1.29 is 67.4 Å². The van der Waals surface area contributed by atoms with E-state index in [2.05, 4.69) is 90.5 Å². The second-order valence-corrected chi connectivity index (χ2v) is 10.1. The first kappa shape index (κ1) is 53.9. The van der Waals surface area contributed by atoms with Gasteiger partial charge in [0, 0.05) is 43.1 Å². The fraction of sp³-hybridized carbons (Fsp3) is 0.652. The van der Waals surface area contributed by atoms with E-state index in [9.17, 15) is 28.8 Å². The minimum absolute atomic E-state index is 0. The topological polar surface area (TPSA) is 222 Å². The van der Waals surface area contributed by atoms with Gasteiger partial charge in [-0.05, 0) is 0 Å². The molecule has 0 atom stereocenters. The molecule has 0 aliphatic rings. The first-order valence-electron chi connectivity index (χ1n) is 12.5. The number of aliphatic hydroxyl groups excluding tert-OH is 2. The fourth-order valence-corrected chi connectivity index (χ4v) is 2.53. The quantitative estimate of drug-likeness (QED) is 0.0244. The Morgan fingerprint density at radius 3 is 1.39 bits per heavy atom. The number of ether oxygens (including phenoxy) is 6. The Hall–Kier alpha value is -1.60. The molecular formula is C23H42BNO14S7. The van der Waals surface area contributed by atoms with Gasteiger partial charge in [-0.2, -0.15) is 37.9 Å². The number of carbonyl (C=O) groups excluding carboxylic acids is 6. The van der Waals surface area contributed by atoms with Crippen LogP contribution in [0.4, 0.5) is 0 Å². The number of thioether (sulfide) groups is 1. The number of nitrogens with one attached hydrogen (secondary N) is 1. The average Bonchev–Trinajstić information content (AvgIpc) is 3.05. The molecule has 0 amide bonds. The van der Waals surface area contributed by atoms with Gasteiger partial charge in [0.1, 0.15) is 39.6 Å². The van der Waals surface area contributed by atoms with Crippen molar-refractivity contribution in [3.63, 3.8) is 0 Å². The maximum absolute atomic E-state index is 11.2. The molecule has 268 valence electrons. The summed E-state index contributed by atoms with van der Waals surface area (Å²) < 4.78 is 33.3. The summed E-state index contributed by atoms with van der Waals surface area (Å²) in [4.78, 5) is 64.0. The van der Waals surface area contributed by atoms with Gasteiger partial charge in [-0.3, -0.25) is 24.0 Å². The predicted octanol–water partition coefficient (Wildman–Crippen LogP) is -0.420. The van der Waals surface area contributed by atoms with Crippen molar-refractivity contribution in [2.45, 2.75) is 13.8 Å². The Labute approximate surface area is 304 Å². The molecule has 0 aromatic heterocycles. The molecule has 3 N–H and O–H groups in total. The van der Waals surface area contributed by atoms with Crippen molar-refractivity contribution in [3.8, 4) is 0 Å². The Morgan fingerprint density at radius 1 is 0.739 bits per heavy atom. The van der Waals surface area contributed by atoms with Gasteiger partial charge < -0.3 is 38.6 Å². The normalized spacial score (nSPS) is 8.59. The standard InChI is InChI=1S/C11H18O7S2.C6H10O4S2.C5H8O3.CH4.BH2N.S3/c12-2-3-16-9(13)1-6-20-8-11(15)18-5-4-17-10(14)7-19;7-5(3-11)9-1-2-10-6(8)4-12;1-2-5(7)8-4-3-6;;1-2;1-3-2/h12,19H,1-8H2;11-12H,1-4H2;2,6H,1,3-4H2;1H4;1-2H;/i;;;;1D;. The van der Waals surface area contributed by atoms with Crippen molar-refractivity contribution in [1.82, 2.24) is 0 Å². The molecule has 0 aromatic carbocycles. The van der Waals surface area contributed by atoms with Crippen molar-refractivity contribution in [2.75, 3.05) is 81.6 Å². The Balaban J connectivity index is -0.000000132. The molecule has 0 saturated carbocycles. The molecule has 46 heavy (non-hydrogen) atoms. The zero-order valence-electron chi connectivity index (χ0n) is 25.0. The van der Waals surface area contributed by atoms with Crippen LogP contribution < -0.4 is 0 Å². The van der Waals surface area contributed by atoms with Gasteiger partial charge in [0.05, 0.1) is 42.6 Å². The van der Waals surface area contributed by atoms with Crippen LogP contribution in [0.2, 0.25) is 0 Å². The summed E-state index contributed by atoms with van der Waals surface area (Å²) in [6, 6.07) is 0. The minimum atomic E-state index is -0.501. The summed E-state index contributed by atoms with van der Waals surface area (Å²) in [6.45, 7) is 2.98. The van der Waals surface area contributed by atoms with Gasteiger partial charge >= 0.3 is 50.1 Å². The van der Waals surface area contributed by atoms with Crippen molar-refractivity contribution in [2.24, 2.45) is 0 Å². The van der Waals surface area contributed by atoms with Crippen LogP contribution in [0.3, 0.4) is 0 Å². The molecule has 0 aliphatic carbocycles. The summed E-state index contributed by atoms with van der Waals surface area (Å²) in [5, 5.41) is 22.3. The van der Waals surface area contributed by atoms with E-state index >= 15 is 0 Å². The maximum atomic E-state index is 11.2. The van der Waals surface area contributed by atoms with Gasteiger partial charge in [-0.15, -0.1) is 11.8 Å². The Kier molecular flexibility index (Phi) is 58.9. The van der Waals surface area contributed by atoms with Crippen LogP contribution in [-0.4, -0.2) is 137 Å². The molecule has 0 heterocycles. The van der Waals surface area contributed by atoms with Gasteiger partial charge in [-0.25, -0.2) is 4.79 Å². The fourth-order valence-electron chi connectivity index (χ4n) is 1.55. The van der Waals surface area contributed by atoms with E-state index in [-0.39, 0.29) is 89.7 Å². The molecule has 0 rings (SSSR count).